The zero-order chi connectivity index (χ0) is 13.5. The molecule has 2 heteroatoms. The second kappa shape index (κ2) is 7.44. The molecule has 0 amide bonds. The van der Waals surface area contributed by atoms with Crippen LogP contribution in [0.25, 0.3) is 6.08 Å². The van der Waals surface area contributed by atoms with E-state index < -0.39 is 0 Å². The summed E-state index contributed by atoms with van der Waals surface area (Å²) in [5.74, 6) is 0. The molecule has 1 nitrogen and oxygen atoms in total. The molecule has 0 spiro atoms. The molecule has 0 saturated carbocycles. The molecule has 0 saturated heterocycles. The Morgan fingerprint density at radius 2 is 1.89 bits per heavy atom. The molecule has 0 radical (unpaired) electrons. The van der Waals surface area contributed by atoms with Crippen molar-refractivity contribution in [3.05, 3.63) is 47.2 Å². The van der Waals surface area contributed by atoms with Gasteiger partial charge in [0.2, 0.25) is 0 Å². The van der Waals surface area contributed by atoms with Crippen LogP contribution >= 0.6 is 11.9 Å². The standard InChI is InChI=1S/C17H23NS/c1-3-5-9-14(8-4-2)16-13-12-15-10-6-7-11-17(15)19-18-16/h6-7,10-13,18H,3-5,8-9H2,1-2H3. The van der Waals surface area contributed by atoms with Gasteiger partial charge in [-0.3, -0.25) is 0 Å². The van der Waals surface area contributed by atoms with Gasteiger partial charge in [-0.2, -0.15) is 0 Å². The molecule has 1 aromatic rings. The summed E-state index contributed by atoms with van der Waals surface area (Å²) >= 11 is 1.73. The van der Waals surface area contributed by atoms with Crippen LogP contribution in [0.2, 0.25) is 0 Å². The van der Waals surface area contributed by atoms with Gasteiger partial charge < -0.3 is 4.72 Å². The fourth-order valence-corrected chi connectivity index (χ4v) is 3.14. The van der Waals surface area contributed by atoms with Crippen LogP contribution in [-0.4, -0.2) is 0 Å². The minimum atomic E-state index is 1.20. The van der Waals surface area contributed by atoms with Crippen LogP contribution in [-0.2, 0) is 0 Å². The largest absolute Gasteiger partial charge is 0.326 e. The van der Waals surface area contributed by atoms with Crippen LogP contribution in [0.4, 0.5) is 0 Å². The van der Waals surface area contributed by atoms with E-state index in [2.05, 4.69) is 55.0 Å². The molecular formula is C17H23NS. The maximum atomic E-state index is 3.54. The van der Waals surface area contributed by atoms with E-state index in [0.29, 0.717) is 0 Å². The number of nitrogens with one attached hydrogen (secondary N) is 1. The van der Waals surface area contributed by atoms with Crippen molar-refractivity contribution < 1.29 is 0 Å². The molecular weight excluding hydrogens is 250 g/mol. The third-order valence-electron chi connectivity index (χ3n) is 3.38. The Labute approximate surface area is 121 Å². The lowest BCUT2D eigenvalue weighted by atomic mass is 10.0. The number of rotatable bonds is 5. The Kier molecular flexibility index (Phi) is 5.59. The summed E-state index contributed by atoms with van der Waals surface area (Å²) in [4.78, 5) is 1.31. The van der Waals surface area contributed by atoms with E-state index in [-0.39, 0.29) is 0 Å². The van der Waals surface area contributed by atoms with E-state index in [9.17, 15) is 0 Å². The van der Waals surface area contributed by atoms with Gasteiger partial charge in [-0.15, -0.1) is 0 Å². The molecule has 0 bridgehead atoms. The zero-order valence-corrected chi connectivity index (χ0v) is 12.7. The number of allylic oxidation sites excluding steroid dienone is 2. The van der Waals surface area contributed by atoms with E-state index >= 15 is 0 Å². The molecule has 0 fully saturated rings. The van der Waals surface area contributed by atoms with Crippen LogP contribution in [0.1, 0.15) is 51.5 Å². The maximum Gasteiger partial charge on any atom is 0.0435 e. The van der Waals surface area contributed by atoms with Gasteiger partial charge in [0.15, 0.2) is 0 Å². The highest BCUT2D eigenvalue weighted by molar-refractivity contribution is 7.97. The van der Waals surface area contributed by atoms with Crippen molar-refractivity contribution in [3.63, 3.8) is 0 Å². The molecule has 1 aromatic carbocycles. The van der Waals surface area contributed by atoms with Crippen molar-refractivity contribution in [1.29, 1.82) is 0 Å². The van der Waals surface area contributed by atoms with Crippen molar-refractivity contribution in [2.75, 3.05) is 0 Å². The fourth-order valence-electron chi connectivity index (χ4n) is 2.30. The minimum Gasteiger partial charge on any atom is -0.326 e. The molecule has 1 heterocycles. The molecule has 102 valence electrons. The minimum absolute atomic E-state index is 1.20. The summed E-state index contributed by atoms with van der Waals surface area (Å²) in [6.45, 7) is 4.52. The van der Waals surface area contributed by atoms with Gasteiger partial charge in [0.05, 0.1) is 0 Å². The molecule has 1 N–H and O–H groups in total. The van der Waals surface area contributed by atoms with E-state index in [4.69, 9.17) is 0 Å². The van der Waals surface area contributed by atoms with Crippen molar-refractivity contribution in [2.24, 2.45) is 0 Å². The number of fused-ring (bicyclic) bond motifs is 1. The molecule has 19 heavy (non-hydrogen) atoms. The highest BCUT2D eigenvalue weighted by Crippen LogP contribution is 2.28. The monoisotopic (exact) mass is 273 g/mol. The van der Waals surface area contributed by atoms with Crippen LogP contribution in [0.15, 0.2) is 46.5 Å². The van der Waals surface area contributed by atoms with Crippen molar-refractivity contribution in [2.45, 2.75) is 50.8 Å². The molecule has 1 aliphatic rings. The average Bonchev–Trinajstić information content (AvgIpc) is 2.66. The van der Waals surface area contributed by atoms with Gasteiger partial charge in [0.25, 0.3) is 0 Å². The smallest absolute Gasteiger partial charge is 0.0435 e. The van der Waals surface area contributed by atoms with Crippen molar-refractivity contribution >= 4 is 18.0 Å². The normalized spacial score (nSPS) is 16.5. The van der Waals surface area contributed by atoms with Gasteiger partial charge in [-0.1, -0.05) is 51.0 Å². The quantitative estimate of drug-likeness (QED) is 0.705. The maximum absolute atomic E-state index is 3.54. The summed E-state index contributed by atoms with van der Waals surface area (Å²) in [6.07, 6.45) is 10.7. The Morgan fingerprint density at radius 3 is 2.68 bits per heavy atom. The van der Waals surface area contributed by atoms with E-state index in [0.717, 1.165) is 0 Å². The molecule has 1 aliphatic heterocycles. The van der Waals surface area contributed by atoms with E-state index in [1.807, 2.05) is 0 Å². The predicted molar refractivity (Wildman–Crippen MR) is 85.9 cm³/mol. The number of hydrogen-bond acceptors (Lipinski definition) is 2. The lowest BCUT2D eigenvalue weighted by Gasteiger charge is -2.12. The summed E-state index contributed by atoms with van der Waals surface area (Å²) in [5.41, 5.74) is 4.19. The number of hydrogen-bond donors (Lipinski definition) is 1. The fraction of sp³-hybridized carbons (Fsp3) is 0.412. The average molecular weight is 273 g/mol. The van der Waals surface area contributed by atoms with Gasteiger partial charge in [0, 0.05) is 10.6 Å². The van der Waals surface area contributed by atoms with Gasteiger partial charge in [-0.25, -0.2) is 0 Å². The highest BCUT2D eigenvalue weighted by atomic mass is 32.2. The SMILES string of the molecule is CCCCC(CCC)=C1C=Cc2ccccc2SN1. The summed E-state index contributed by atoms with van der Waals surface area (Å²) < 4.78 is 3.54. The molecule has 0 unspecified atom stereocenters. The predicted octanol–water partition coefficient (Wildman–Crippen LogP) is 5.55. The third kappa shape index (κ3) is 3.90. The van der Waals surface area contributed by atoms with Crippen LogP contribution in [0.5, 0.6) is 0 Å². The first-order valence-electron chi connectivity index (χ1n) is 7.27. The topological polar surface area (TPSA) is 12.0 Å². The van der Waals surface area contributed by atoms with Crippen molar-refractivity contribution in [3.8, 4) is 0 Å². The Hall–Kier alpha value is -1.15. The summed E-state index contributed by atoms with van der Waals surface area (Å²) in [5, 5.41) is 0. The Morgan fingerprint density at radius 1 is 1.05 bits per heavy atom. The van der Waals surface area contributed by atoms with Crippen LogP contribution in [0.3, 0.4) is 0 Å². The Bertz CT molecular complexity index is 474. The molecule has 0 aliphatic carbocycles. The number of unbranched alkanes of at least 4 members (excludes halogenated alkanes) is 1. The molecule has 0 aromatic heterocycles. The second-order valence-electron chi connectivity index (χ2n) is 4.95. The first-order valence-corrected chi connectivity index (χ1v) is 8.08. The lowest BCUT2D eigenvalue weighted by molar-refractivity contribution is 0.733. The second-order valence-corrected chi connectivity index (χ2v) is 5.79. The van der Waals surface area contributed by atoms with Gasteiger partial charge >= 0.3 is 0 Å². The number of benzene rings is 1. The van der Waals surface area contributed by atoms with Gasteiger partial charge in [-0.05, 0) is 54.5 Å². The molecule has 0 atom stereocenters. The van der Waals surface area contributed by atoms with Crippen LogP contribution in [0, 0.1) is 0 Å². The Balaban J connectivity index is 2.21. The highest BCUT2D eigenvalue weighted by Gasteiger charge is 2.09. The first kappa shape index (κ1) is 14.3. The van der Waals surface area contributed by atoms with E-state index in [1.54, 1.807) is 17.5 Å². The third-order valence-corrected chi connectivity index (χ3v) is 4.30. The van der Waals surface area contributed by atoms with E-state index in [1.165, 1.54) is 48.3 Å². The van der Waals surface area contributed by atoms with Crippen molar-refractivity contribution in [1.82, 2.24) is 4.72 Å². The zero-order valence-electron chi connectivity index (χ0n) is 11.9. The van der Waals surface area contributed by atoms with Gasteiger partial charge in [0.1, 0.15) is 0 Å². The summed E-state index contributed by atoms with van der Waals surface area (Å²) in [7, 11) is 0. The van der Waals surface area contributed by atoms with Crippen LogP contribution < -0.4 is 4.72 Å². The molecule has 2 rings (SSSR count). The first-order chi connectivity index (χ1) is 9.35. The summed E-state index contributed by atoms with van der Waals surface area (Å²) in [6, 6.07) is 8.55. The lowest BCUT2D eigenvalue weighted by Crippen LogP contribution is -2.04.